The van der Waals surface area contributed by atoms with E-state index in [1.165, 1.54) is 25.0 Å². The minimum Gasteiger partial charge on any atom is -0.381 e. The van der Waals surface area contributed by atoms with Crippen molar-refractivity contribution >= 4 is 17.3 Å². The van der Waals surface area contributed by atoms with Gasteiger partial charge in [-0.3, -0.25) is 0 Å². The number of halogens is 2. The summed E-state index contributed by atoms with van der Waals surface area (Å²) in [6.07, 6.45) is 2.38. The van der Waals surface area contributed by atoms with Gasteiger partial charge in [-0.15, -0.1) is 0 Å². The van der Waals surface area contributed by atoms with Crippen molar-refractivity contribution in [2.75, 3.05) is 5.32 Å². The molecular weight excluding hydrogens is 177 g/mol. The highest BCUT2D eigenvalue weighted by Crippen LogP contribution is 2.29. The molecule has 0 atom stereocenters. The van der Waals surface area contributed by atoms with E-state index in [1.54, 1.807) is 6.07 Å². The van der Waals surface area contributed by atoms with Gasteiger partial charge in [0.1, 0.15) is 5.82 Å². The summed E-state index contributed by atoms with van der Waals surface area (Å²) in [5.74, 6) is -0.290. The summed E-state index contributed by atoms with van der Waals surface area (Å²) in [7, 11) is 0. The van der Waals surface area contributed by atoms with Crippen LogP contribution in [-0.2, 0) is 0 Å². The van der Waals surface area contributed by atoms with Crippen molar-refractivity contribution in [2.24, 2.45) is 0 Å². The maximum atomic E-state index is 12.6. The molecule has 1 fully saturated rings. The number of benzene rings is 1. The van der Waals surface area contributed by atoms with Crippen LogP contribution in [0, 0.1) is 5.82 Å². The normalized spacial score (nSPS) is 16.2. The van der Waals surface area contributed by atoms with Crippen LogP contribution in [0.1, 0.15) is 12.8 Å². The summed E-state index contributed by atoms with van der Waals surface area (Å²) < 4.78 is 12.6. The highest BCUT2D eigenvalue weighted by molar-refractivity contribution is 6.33. The number of nitrogens with one attached hydrogen (secondary N) is 1. The molecule has 1 aliphatic rings. The monoisotopic (exact) mass is 185 g/mol. The van der Waals surface area contributed by atoms with Crippen molar-refractivity contribution in [3.8, 4) is 0 Å². The summed E-state index contributed by atoms with van der Waals surface area (Å²) in [5.41, 5.74) is 0.834. The summed E-state index contributed by atoms with van der Waals surface area (Å²) in [4.78, 5) is 0. The van der Waals surface area contributed by atoms with Crippen molar-refractivity contribution in [1.29, 1.82) is 0 Å². The maximum absolute atomic E-state index is 12.6. The third-order valence-corrected chi connectivity index (χ3v) is 2.18. The van der Waals surface area contributed by atoms with Crippen molar-refractivity contribution in [2.45, 2.75) is 18.9 Å². The molecule has 0 heterocycles. The predicted molar refractivity (Wildman–Crippen MR) is 48.1 cm³/mol. The molecule has 64 valence electrons. The lowest BCUT2D eigenvalue weighted by Gasteiger charge is -2.05. The van der Waals surface area contributed by atoms with Gasteiger partial charge in [-0.25, -0.2) is 4.39 Å². The van der Waals surface area contributed by atoms with Gasteiger partial charge in [0.15, 0.2) is 0 Å². The Labute approximate surface area is 75.5 Å². The Morgan fingerprint density at radius 2 is 2.17 bits per heavy atom. The van der Waals surface area contributed by atoms with Gasteiger partial charge in [0.25, 0.3) is 0 Å². The van der Waals surface area contributed by atoms with Crippen molar-refractivity contribution in [1.82, 2.24) is 0 Å². The van der Waals surface area contributed by atoms with Crippen LogP contribution in [0.4, 0.5) is 10.1 Å². The molecule has 0 spiro atoms. The van der Waals surface area contributed by atoms with E-state index in [0.29, 0.717) is 11.1 Å². The molecule has 1 N–H and O–H groups in total. The second-order valence-electron chi connectivity index (χ2n) is 3.04. The summed E-state index contributed by atoms with van der Waals surface area (Å²) in [6, 6.07) is 4.96. The number of hydrogen-bond acceptors (Lipinski definition) is 1. The first-order valence-corrected chi connectivity index (χ1v) is 4.35. The Morgan fingerprint density at radius 1 is 1.42 bits per heavy atom. The second kappa shape index (κ2) is 2.94. The molecule has 12 heavy (non-hydrogen) atoms. The zero-order valence-electron chi connectivity index (χ0n) is 6.48. The van der Waals surface area contributed by atoms with E-state index in [-0.39, 0.29) is 5.82 Å². The van der Waals surface area contributed by atoms with Gasteiger partial charge in [-0.2, -0.15) is 0 Å². The topological polar surface area (TPSA) is 12.0 Å². The van der Waals surface area contributed by atoms with Gasteiger partial charge in [0.05, 0.1) is 10.7 Å². The average Bonchev–Trinajstić information content (AvgIpc) is 2.79. The largest absolute Gasteiger partial charge is 0.381 e. The Balaban J connectivity index is 2.18. The first-order valence-electron chi connectivity index (χ1n) is 3.97. The fourth-order valence-electron chi connectivity index (χ4n) is 1.05. The molecule has 0 amide bonds. The molecule has 0 unspecified atom stereocenters. The third-order valence-electron chi connectivity index (χ3n) is 1.87. The van der Waals surface area contributed by atoms with Crippen molar-refractivity contribution in [3.63, 3.8) is 0 Å². The molecule has 0 saturated heterocycles. The van der Waals surface area contributed by atoms with Crippen LogP contribution >= 0.6 is 11.6 Å². The first kappa shape index (κ1) is 7.87. The molecule has 1 saturated carbocycles. The van der Waals surface area contributed by atoms with E-state index in [0.717, 1.165) is 5.69 Å². The van der Waals surface area contributed by atoms with E-state index in [2.05, 4.69) is 5.32 Å². The Kier molecular flexibility index (Phi) is 1.93. The van der Waals surface area contributed by atoms with Crippen LogP contribution in [0.2, 0.25) is 5.02 Å². The molecule has 0 radical (unpaired) electrons. The zero-order chi connectivity index (χ0) is 8.55. The number of hydrogen-bond donors (Lipinski definition) is 1. The van der Waals surface area contributed by atoms with E-state index in [9.17, 15) is 4.39 Å². The minimum atomic E-state index is -0.290. The highest BCUT2D eigenvalue weighted by Gasteiger charge is 2.21. The SMILES string of the molecule is Fc1ccc(NC2CC2)c(Cl)c1. The van der Waals surface area contributed by atoms with E-state index in [4.69, 9.17) is 11.6 Å². The van der Waals surface area contributed by atoms with E-state index < -0.39 is 0 Å². The number of rotatable bonds is 2. The van der Waals surface area contributed by atoms with Crippen LogP contribution in [0.15, 0.2) is 18.2 Å². The van der Waals surface area contributed by atoms with Crippen LogP contribution in [0.5, 0.6) is 0 Å². The van der Waals surface area contributed by atoms with Gasteiger partial charge < -0.3 is 5.32 Å². The Morgan fingerprint density at radius 3 is 2.75 bits per heavy atom. The summed E-state index contributed by atoms with van der Waals surface area (Å²) >= 11 is 5.80. The predicted octanol–water partition coefficient (Wildman–Crippen LogP) is 3.05. The van der Waals surface area contributed by atoms with Crippen molar-refractivity contribution < 1.29 is 4.39 Å². The van der Waals surface area contributed by atoms with Gasteiger partial charge in [-0.1, -0.05) is 11.6 Å². The molecule has 1 nitrogen and oxygen atoms in total. The van der Waals surface area contributed by atoms with Crippen LogP contribution < -0.4 is 5.32 Å². The Hall–Kier alpha value is -0.760. The average molecular weight is 186 g/mol. The van der Waals surface area contributed by atoms with Gasteiger partial charge >= 0.3 is 0 Å². The lowest BCUT2D eigenvalue weighted by atomic mass is 10.3. The molecule has 3 heteroatoms. The molecule has 1 aromatic carbocycles. The number of anilines is 1. The zero-order valence-corrected chi connectivity index (χ0v) is 7.24. The summed E-state index contributed by atoms with van der Waals surface area (Å²) in [6.45, 7) is 0. The molecule has 1 aliphatic carbocycles. The van der Waals surface area contributed by atoms with Crippen LogP contribution in [0.3, 0.4) is 0 Å². The minimum absolute atomic E-state index is 0.290. The van der Waals surface area contributed by atoms with E-state index >= 15 is 0 Å². The smallest absolute Gasteiger partial charge is 0.124 e. The van der Waals surface area contributed by atoms with E-state index in [1.807, 2.05) is 0 Å². The highest BCUT2D eigenvalue weighted by atomic mass is 35.5. The second-order valence-corrected chi connectivity index (χ2v) is 3.45. The standard InChI is InChI=1S/C9H9ClFN/c10-8-5-6(11)1-4-9(8)12-7-2-3-7/h1,4-5,7,12H,2-3H2. The van der Waals surface area contributed by atoms with Crippen molar-refractivity contribution in [3.05, 3.63) is 29.0 Å². The molecule has 0 aromatic heterocycles. The lowest BCUT2D eigenvalue weighted by Crippen LogP contribution is -2.01. The quantitative estimate of drug-likeness (QED) is 0.747. The lowest BCUT2D eigenvalue weighted by molar-refractivity contribution is 0.628. The third kappa shape index (κ3) is 1.69. The van der Waals surface area contributed by atoms with Gasteiger partial charge in [0, 0.05) is 6.04 Å². The fourth-order valence-corrected chi connectivity index (χ4v) is 1.28. The van der Waals surface area contributed by atoms with Gasteiger partial charge in [0.2, 0.25) is 0 Å². The molecule has 0 bridgehead atoms. The molecule has 0 aliphatic heterocycles. The Bertz CT molecular complexity index is 297. The first-order chi connectivity index (χ1) is 5.75. The molecular formula is C9H9ClFN. The summed E-state index contributed by atoms with van der Waals surface area (Å²) in [5, 5.41) is 3.67. The van der Waals surface area contributed by atoms with Gasteiger partial charge in [-0.05, 0) is 31.0 Å². The molecule has 1 aromatic rings. The van der Waals surface area contributed by atoms with Crippen LogP contribution in [-0.4, -0.2) is 6.04 Å². The van der Waals surface area contributed by atoms with Crippen LogP contribution in [0.25, 0.3) is 0 Å². The maximum Gasteiger partial charge on any atom is 0.124 e. The fraction of sp³-hybridized carbons (Fsp3) is 0.333. The molecule has 2 rings (SSSR count).